The number of hydrogen-bond donors (Lipinski definition) is 2. The molecule has 2 aromatic heterocycles. The first-order valence-corrected chi connectivity index (χ1v) is 10.6. The molecular weight excluding hydrogens is 442 g/mol. The van der Waals surface area contributed by atoms with Crippen LogP contribution < -0.4 is 10.7 Å². The number of para-hydroxylation sites is 1. The second-order valence-corrected chi connectivity index (χ2v) is 8.08. The van der Waals surface area contributed by atoms with Crippen molar-refractivity contribution in [2.45, 2.75) is 33.2 Å². The number of carboxylic acids is 1. The predicted molar refractivity (Wildman–Crippen MR) is 126 cm³/mol. The SMILES string of the molecule is Cc1cc(C(C)Nc2ccccc2C(=O)O)c2oc(-c3cccc(C(F)F)n3)c(C)c(=O)c2c1. The average Bonchev–Trinajstić information content (AvgIpc) is 2.81. The molecule has 0 saturated carbocycles. The molecule has 1 atom stereocenters. The van der Waals surface area contributed by atoms with Gasteiger partial charge in [-0.3, -0.25) is 4.79 Å². The quantitative estimate of drug-likeness (QED) is 0.349. The van der Waals surface area contributed by atoms with E-state index in [9.17, 15) is 23.5 Å². The maximum absolute atomic E-state index is 13.2. The Morgan fingerprint density at radius 1 is 1.09 bits per heavy atom. The summed E-state index contributed by atoms with van der Waals surface area (Å²) in [6.07, 6.45) is -2.76. The summed E-state index contributed by atoms with van der Waals surface area (Å²) in [5.41, 5.74) is 1.95. The summed E-state index contributed by atoms with van der Waals surface area (Å²) in [7, 11) is 0. The predicted octanol–water partition coefficient (Wildman–Crippen LogP) is 6.28. The van der Waals surface area contributed by atoms with E-state index < -0.39 is 24.1 Å². The largest absolute Gasteiger partial charge is 0.478 e. The summed E-state index contributed by atoms with van der Waals surface area (Å²) in [4.78, 5) is 28.8. The Bertz CT molecular complexity index is 1460. The van der Waals surface area contributed by atoms with Gasteiger partial charge in [0.25, 0.3) is 6.43 Å². The van der Waals surface area contributed by atoms with Crippen LogP contribution in [-0.4, -0.2) is 16.1 Å². The maximum Gasteiger partial charge on any atom is 0.337 e. The Kier molecular flexibility index (Phi) is 6.15. The van der Waals surface area contributed by atoms with Gasteiger partial charge in [-0.05, 0) is 56.7 Å². The Morgan fingerprint density at radius 3 is 2.53 bits per heavy atom. The number of hydrogen-bond acceptors (Lipinski definition) is 5. The summed E-state index contributed by atoms with van der Waals surface area (Å²) in [5.74, 6) is -0.956. The number of alkyl halides is 2. The van der Waals surface area contributed by atoms with E-state index in [1.807, 2.05) is 19.9 Å². The first kappa shape index (κ1) is 23.1. The Labute approximate surface area is 193 Å². The summed E-state index contributed by atoms with van der Waals surface area (Å²) >= 11 is 0. The fraction of sp³-hybridized carbons (Fsp3) is 0.192. The van der Waals surface area contributed by atoms with Crippen molar-refractivity contribution in [1.29, 1.82) is 0 Å². The summed E-state index contributed by atoms with van der Waals surface area (Å²) in [6.45, 7) is 5.24. The first-order valence-electron chi connectivity index (χ1n) is 10.6. The third-order valence-electron chi connectivity index (χ3n) is 5.61. The summed E-state index contributed by atoms with van der Waals surface area (Å²) < 4.78 is 32.6. The Hall–Kier alpha value is -4.07. The summed E-state index contributed by atoms with van der Waals surface area (Å²) in [6, 6.07) is 13.8. The molecule has 0 fully saturated rings. The zero-order chi connectivity index (χ0) is 24.6. The third kappa shape index (κ3) is 4.26. The minimum Gasteiger partial charge on any atom is -0.478 e. The normalized spacial score (nSPS) is 12.2. The van der Waals surface area contributed by atoms with Crippen LogP contribution in [0.2, 0.25) is 0 Å². The number of carbonyl (C=O) groups is 1. The highest BCUT2D eigenvalue weighted by atomic mass is 19.3. The molecule has 0 radical (unpaired) electrons. The molecule has 174 valence electrons. The van der Waals surface area contributed by atoms with E-state index in [1.54, 1.807) is 31.2 Å². The minimum absolute atomic E-state index is 0.109. The fourth-order valence-corrected chi connectivity index (χ4v) is 3.94. The van der Waals surface area contributed by atoms with Gasteiger partial charge in [0.05, 0.1) is 17.0 Å². The zero-order valence-electron chi connectivity index (χ0n) is 18.7. The first-order chi connectivity index (χ1) is 16.2. The number of anilines is 1. The number of rotatable bonds is 6. The molecule has 0 bridgehead atoms. The minimum atomic E-state index is -2.76. The van der Waals surface area contributed by atoms with Crippen molar-refractivity contribution in [2.24, 2.45) is 0 Å². The molecule has 0 aliphatic heterocycles. The molecule has 6 nitrogen and oxygen atoms in total. The van der Waals surface area contributed by atoms with Crippen molar-refractivity contribution < 1.29 is 23.1 Å². The van der Waals surface area contributed by atoms with Crippen LogP contribution in [0.3, 0.4) is 0 Å². The van der Waals surface area contributed by atoms with E-state index in [0.717, 1.165) is 5.56 Å². The molecule has 0 aliphatic rings. The Balaban J connectivity index is 1.89. The van der Waals surface area contributed by atoms with Crippen molar-refractivity contribution >= 4 is 22.6 Å². The van der Waals surface area contributed by atoms with Gasteiger partial charge < -0.3 is 14.8 Å². The average molecular weight is 464 g/mol. The van der Waals surface area contributed by atoms with E-state index in [-0.39, 0.29) is 33.6 Å². The van der Waals surface area contributed by atoms with Gasteiger partial charge >= 0.3 is 5.97 Å². The lowest BCUT2D eigenvalue weighted by Gasteiger charge is -2.20. The van der Waals surface area contributed by atoms with Crippen molar-refractivity contribution in [3.05, 3.63) is 92.8 Å². The molecule has 2 N–H and O–H groups in total. The van der Waals surface area contributed by atoms with Crippen LogP contribution in [0.15, 0.2) is 63.8 Å². The molecule has 8 heteroatoms. The second-order valence-electron chi connectivity index (χ2n) is 8.08. The number of pyridine rings is 1. The molecule has 4 rings (SSSR count). The van der Waals surface area contributed by atoms with Crippen LogP contribution in [0, 0.1) is 13.8 Å². The number of aryl methyl sites for hydroxylation is 1. The van der Waals surface area contributed by atoms with E-state index in [0.29, 0.717) is 16.6 Å². The lowest BCUT2D eigenvalue weighted by Crippen LogP contribution is -2.14. The summed E-state index contributed by atoms with van der Waals surface area (Å²) in [5, 5.41) is 13.0. The molecule has 0 aliphatic carbocycles. The molecular formula is C26H22F2N2O4. The van der Waals surface area contributed by atoms with Crippen molar-refractivity contribution in [1.82, 2.24) is 4.98 Å². The molecule has 0 spiro atoms. The van der Waals surface area contributed by atoms with Crippen molar-refractivity contribution in [3.8, 4) is 11.5 Å². The molecule has 1 unspecified atom stereocenters. The number of benzene rings is 2. The number of nitrogens with one attached hydrogen (secondary N) is 1. The molecule has 4 aromatic rings. The number of aromatic nitrogens is 1. The van der Waals surface area contributed by atoms with E-state index in [2.05, 4.69) is 10.3 Å². The van der Waals surface area contributed by atoms with Gasteiger partial charge in [0, 0.05) is 16.8 Å². The van der Waals surface area contributed by atoms with Gasteiger partial charge in [-0.15, -0.1) is 0 Å². The standard InChI is InChI=1S/C26H22F2N2O4/c1-13-11-17(15(3)29-19-8-5-4-7-16(19)26(32)33)24-18(12-13)22(31)14(2)23(34-24)20-9-6-10-21(30-20)25(27)28/h4-12,15,25,29H,1-3H3,(H,32,33). The van der Waals surface area contributed by atoms with E-state index in [4.69, 9.17) is 4.42 Å². The number of halogens is 2. The number of nitrogens with zero attached hydrogens (tertiary/aromatic N) is 1. The molecule has 0 saturated heterocycles. The monoisotopic (exact) mass is 464 g/mol. The zero-order valence-corrected chi connectivity index (χ0v) is 18.7. The second kappa shape index (κ2) is 9.05. The van der Waals surface area contributed by atoms with Gasteiger partial charge in [0.1, 0.15) is 17.0 Å². The lowest BCUT2D eigenvalue weighted by atomic mass is 9.99. The molecule has 0 amide bonds. The lowest BCUT2D eigenvalue weighted by molar-refractivity contribution is 0.0698. The van der Waals surface area contributed by atoms with E-state index >= 15 is 0 Å². The highest BCUT2D eigenvalue weighted by Crippen LogP contribution is 2.32. The van der Waals surface area contributed by atoms with Gasteiger partial charge in [0.15, 0.2) is 11.2 Å². The molecule has 2 aromatic carbocycles. The highest BCUT2D eigenvalue weighted by molar-refractivity contribution is 5.94. The van der Waals surface area contributed by atoms with Crippen LogP contribution in [0.1, 0.15) is 52.1 Å². The van der Waals surface area contributed by atoms with E-state index in [1.165, 1.54) is 24.3 Å². The highest BCUT2D eigenvalue weighted by Gasteiger charge is 2.21. The van der Waals surface area contributed by atoms with Gasteiger partial charge in [-0.1, -0.05) is 24.3 Å². The van der Waals surface area contributed by atoms with Gasteiger partial charge in [0.2, 0.25) is 0 Å². The number of carboxylic acid groups (broad SMARTS) is 1. The van der Waals surface area contributed by atoms with Crippen molar-refractivity contribution in [2.75, 3.05) is 5.32 Å². The number of aromatic carboxylic acids is 1. The molecule has 34 heavy (non-hydrogen) atoms. The van der Waals surface area contributed by atoms with Crippen LogP contribution in [-0.2, 0) is 0 Å². The maximum atomic E-state index is 13.2. The van der Waals surface area contributed by atoms with Gasteiger partial charge in [-0.25, -0.2) is 18.6 Å². The van der Waals surface area contributed by atoms with Crippen LogP contribution in [0.5, 0.6) is 0 Å². The van der Waals surface area contributed by atoms with Crippen LogP contribution >= 0.6 is 0 Å². The Morgan fingerprint density at radius 2 is 1.82 bits per heavy atom. The van der Waals surface area contributed by atoms with Crippen LogP contribution in [0.4, 0.5) is 14.5 Å². The fourth-order valence-electron chi connectivity index (χ4n) is 3.94. The van der Waals surface area contributed by atoms with Gasteiger partial charge in [-0.2, -0.15) is 0 Å². The smallest absolute Gasteiger partial charge is 0.337 e. The topological polar surface area (TPSA) is 92.4 Å². The third-order valence-corrected chi connectivity index (χ3v) is 5.61. The van der Waals surface area contributed by atoms with Crippen molar-refractivity contribution in [3.63, 3.8) is 0 Å². The number of fused-ring (bicyclic) bond motifs is 1. The molecule has 2 heterocycles. The van der Waals surface area contributed by atoms with Crippen LogP contribution in [0.25, 0.3) is 22.4 Å².